The number of benzene rings is 3. The van der Waals surface area contributed by atoms with Crippen LogP contribution in [0.3, 0.4) is 0 Å². The average Bonchev–Trinajstić information content (AvgIpc) is 2.91. The number of nitrogens with zero attached hydrogens (tertiary/aromatic N) is 1. The smallest absolute Gasteiger partial charge is 0.232 e. The van der Waals surface area contributed by atoms with Crippen molar-refractivity contribution in [2.24, 2.45) is 0 Å². The van der Waals surface area contributed by atoms with Gasteiger partial charge in [0.25, 0.3) is 0 Å². The Labute approximate surface area is 215 Å². The molecule has 1 unspecified atom stereocenters. The third-order valence-electron chi connectivity index (χ3n) is 6.15. The van der Waals surface area contributed by atoms with E-state index in [0.29, 0.717) is 48.3 Å². The predicted octanol–water partition coefficient (Wildman–Crippen LogP) is 4.60. The zero-order valence-electron chi connectivity index (χ0n) is 20.8. The second kappa shape index (κ2) is 12.1. The van der Waals surface area contributed by atoms with Gasteiger partial charge in [0.05, 0.1) is 38.7 Å². The summed E-state index contributed by atoms with van der Waals surface area (Å²) in [6, 6.07) is 17.9. The van der Waals surface area contributed by atoms with E-state index in [0.717, 1.165) is 5.75 Å². The molecule has 8 heteroatoms. The zero-order chi connectivity index (χ0) is 25.5. The number of amides is 1. The normalized spacial score (nSPS) is 15.5. The second-order valence-electron chi connectivity index (χ2n) is 8.51. The maximum Gasteiger partial charge on any atom is 0.232 e. The minimum atomic E-state index is -0.318. The van der Waals surface area contributed by atoms with Crippen LogP contribution in [0.5, 0.6) is 17.2 Å². The molecule has 0 aromatic heterocycles. The number of ether oxygens (including phenoxy) is 4. The Morgan fingerprint density at radius 3 is 2.61 bits per heavy atom. The lowest BCUT2D eigenvalue weighted by molar-refractivity contribution is -0.137. The molecule has 1 aliphatic heterocycles. The summed E-state index contributed by atoms with van der Waals surface area (Å²) in [5, 5.41) is 2.43. The van der Waals surface area contributed by atoms with E-state index in [1.54, 1.807) is 23.9 Å². The van der Waals surface area contributed by atoms with Gasteiger partial charge in [-0.1, -0.05) is 42.5 Å². The van der Waals surface area contributed by atoms with Gasteiger partial charge in [-0.15, -0.1) is 11.8 Å². The predicted molar refractivity (Wildman–Crippen MR) is 141 cm³/mol. The van der Waals surface area contributed by atoms with Crippen molar-refractivity contribution in [2.75, 3.05) is 46.3 Å². The monoisotopic (exact) mass is 509 g/mol. The molecule has 0 N–H and O–H groups in total. The molecule has 0 saturated carbocycles. The molecule has 1 amide bonds. The maximum absolute atomic E-state index is 12.9. The van der Waals surface area contributed by atoms with Crippen LogP contribution in [-0.2, 0) is 15.3 Å². The van der Waals surface area contributed by atoms with Crippen LogP contribution in [-0.4, -0.2) is 69.0 Å². The third-order valence-corrected chi connectivity index (χ3v) is 7.11. The Morgan fingerprint density at radius 2 is 1.83 bits per heavy atom. The van der Waals surface area contributed by atoms with Gasteiger partial charge in [0, 0.05) is 12.3 Å². The molecule has 0 aliphatic carbocycles. The van der Waals surface area contributed by atoms with E-state index in [-0.39, 0.29) is 24.4 Å². The summed E-state index contributed by atoms with van der Waals surface area (Å²) in [5.41, 5.74) is 1.63. The molecule has 1 atom stereocenters. The summed E-state index contributed by atoms with van der Waals surface area (Å²) in [4.78, 5) is 26.9. The number of Topliss-reactive ketones (excluding diaryl/α,β-unsaturated/α-hetero) is 1. The van der Waals surface area contributed by atoms with Crippen LogP contribution in [0.4, 0.5) is 0 Å². The number of hydrogen-bond acceptors (Lipinski definition) is 7. The van der Waals surface area contributed by atoms with Gasteiger partial charge in [-0.2, -0.15) is 0 Å². The van der Waals surface area contributed by atoms with Crippen LogP contribution in [0.15, 0.2) is 54.6 Å². The Balaban J connectivity index is 1.34. The summed E-state index contributed by atoms with van der Waals surface area (Å²) in [5.74, 6) is 2.26. The Morgan fingerprint density at radius 1 is 1.03 bits per heavy atom. The molecule has 0 spiro atoms. The molecule has 36 heavy (non-hydrogen) atoms. The molecular weight excluding hydrogens is 478 g/mol. The zero-order valence-corrected chi connectivity index (χ0v) is 21.6. The minimum absolute atomic E-state index is 0.0805. The molecule has 7 nitrogen and oxygen atoms in total. The molecule has 0 bridgehead atoms. The van der Waals surface area contributed by atoms with E-state index < -0.39 is 0 Å². The lowest BCUT2D eigenvalue weighted by Gasteiger charge is -2.33. The average molecular weight is 510 g/mol. The number of carbonyl (C=O) groups excluding carboxylic acids is 2. The van der Waals surface area contributed by atoms with Gasteiger partial charge in [0.15, 0.2) is 17.3 Å². The number of ketones is 1. The molecular formula is C28H31NO6S. The largest absolute Gasteiger partial charge is 0.493 e. The molecule has 1 aliphatic rings. The maximum atomic E-state index is 12.9. The summed E-state index contributed by atoms with van der Waals surface area (Å²) >= 11 is 1.62. The van der Waals surface area contributed by atoms with Crippen molar-refractivity contribution in [1.29, 1.82) is 0 Å². The number of morpholine rings is 1. The lowest BCUT2D eigenvalue weighted by atomic mass is 10.1. The van der Waals surface area contributed by atoms with Crippen LogP contribution < -0.4 is 14.2 Å². The van der Waals surface area contributed by atoms with E-state index in [2.05, 4.69) is 30.3 Å². The van der Waals surface area contributed by atoms with Crippen molar-refractivity contribution >= 4 is 34.2 Å². The van der Waals surface area contributed by atoms with E-state index in [1.165, 1.54) is 37.5 Å². The van der Waals surface area contributed by atoms with Gasteiger partial charge in [0.1, 0.15) is 12.7 Å². The molecule has 3 aromatic rings. The Bertz CT molecular complexity index is 1220. The number of methoxy groups -OCH3 is 2. The highest BCUT2D eigenvalue weighted by molar-refractivity contribution is 7.99. The number of hydrogen-bond donors (Lipinski definition) is 0. The lowest BCUT2D eigenvalue weighted by Crippen LogP contribution is -2.48. The fourth-order valence-electron chi connectivity index (χ4n) is 4.30. The summed E-state index contributed by atoms with van der Waals surface area (Å²) in [6.45, 7) is 3.06. The topological polar surface area (TPSA) is 74.3 Å². The van der Waals surface area contributed by atoms with Crippen LogP contribution in [0.1, 0.15) is 22.8 Å². The fourth-order valence-corrected chi connectivity index (χ4v) is 5.23. The summed E-state index contributed by atoms with van der Waals surface area (Å²) in [7, 11) is 3.03. The molecule has 1 saturated heterocycles. The minimum Gasteiger partial charge on any atom is -0.493 e. The van der Waals surface area contributed by atoms with Crippen LogP contribution >= 0.6 is 11.8 Å². The van der Waals surface area contributed by atoms with Crippen molar-refractivity contribution in [3.05, 3.63) is 65.7 Å². The van der Waals surface area contributed by atoms with Crippen LogP contribution in [0, 0.1) is 0 Å². The van der Waals surface area contributed by atoms with Gasteiger partial charge in [0.2, 0.25) is 11.7 Å². The second-order valence-corrected chi connectivity index (χ2v) is 9.49. The molecule has 1 fully saturated rings. The highest BCUT2D eigenvalue weighted by Gasteiger charge is 2.26. The van der Waals surface area contributed by atoms with E-state index >= 15 is 0 Å². The molecule has 1 heterocycles. The highest BCUT2D eigenvalue weighted by Crippen LogP contribution is 2.40. The van der Waals surface area contributed by atoms with Crippen molar-refractivity contribution in [3.8, 4) is 17.2 Å². The van der Waals surface area contributed by atoms with Crippen molar-refractivity contribution in [1.82, 2.24) is 4.90 Å². The van der Waals surface area contributed by atoms with Gasteiger partial charge in [-0.3, -0.25) is 9.59 Å². The van der Waals surface area contributed by atoms with Crippen molar-refractivity contribution in [2.45, 2.75) is 18.8 Å². The van der Waals surface area contributed by atoms with Gasteiger partial charge >= 0.3 is 0 Å². The SMILES string of the molecule is COc1ccc(C(C)=O)c(OCC2CN(C(=O)CSCc3cccc4ccccc34)CCO2)c1OC. The Hall–Kier alpha value is -3.23. The first-order valence-corrected chi connectivity index (χ1v) is 13.0. The molecule has 3 aromatic carbocycles. The fraction of sp³-hybridized carbons (Fsp3) is 0.357. The first-order valence-electron chi connectivity index (χ1n) is 11.8. The number of thioether (sulfide) groups is 1. The van der Waals surface area contributed by atoms with E-state index in [4.69, 9.17) is 18.9 Å². The van der Waals surface area contributed by atoms with E-state index in [1.807, 2.05) is 17.0 Å². The first kappa shape index (κ1) is 25.9. The Kier molecular flexibility index (Phi) is 8.72. The standard InChI is InChI=1S/C28H31NO6S/c1-19(30)23-11-12-25(32-2)28(33-3)27(23)35-16-22-15-29(13-14-34-22)26(31)18-36-17-21-9-6-8-20-7-4-5-10-24(20)21/h4-12,22H,13-18H2,1-3H3. The number of fused-ring (bicyclic) bond motifs is 1. The van der Waals surface area contributed by atoms with Gasteiger partial charge < -0.3 is 23.8 Å². The van der Waals surface area contributed by atoms with Crippen molar-refractivity contribution < 1.29 is 28.5 Å². The molecule has 4 rings (SSSR count). The summed E-state index contributed by atoms with van der Waals surface area (Å²) in [6.07, 6.45) is -0.318. The van der Waals surface area contributed by atoms with Crippen LogP contribution in [0.25, 0.3) is 10.8 Å². The third kappa shape index (κ3) is 5.94. The number of rotatable bonds is 10. The summed E-state index contributed by atoms with van der Waals surface area (Å²) < 4.78 is 22.7. The molecule has 0 radical (unpaired) electrons. The van der Waals surface area contributed by atoms with Gasteiger partial charge in [-0.05, 0) is 35.4 Å². The quantitative estimate of drug-likeness (QED) is 0.370. The molecule has 190 valence electrons. The van der Waals surface area contributed by atoms with E-state index in [9.17, 15) is 9.59 Å². The van der Waals surface area contributed by atoms with Gasteiger partial charge in [-0.25, -0.2) is 0 Å². The number of carbonyl (C=O) groups is 2. The highest BCUT2D eigenvalue weighted by atomic mass is 32.2. The van der Waals surface area contributed by atoms with Crippen LogP contribution in [0.2, 0.25) is 0 Å². The van der Waals surface area contributed by atoms with Crippen molar-refractivity contribution in [3.63, 3.8) is 0 Å². The first-order chi connectivity index (χ1) is 17.5.